The highest BCUT2D eigenvalue weighted by Crippen LogP contribution is 2.11. The summed E-state index contributed by atoms with van der Waals surface area (Å²) in [7, 11) is 0. The predicted octanol–water partition coefficient (Wildman–Crippen LogP) is 3.95. The largest absolute Gasteiger partial charge is 0.512 e. The van der Waals surface area contributed by atoms with Gasteiger partial charge in [0, 0.05) is 18.7 Å². The zero-order valence-electron chi connectivity index (χ0n) is 12.2. The molecule has 0 fully saturated rings. The first-order chi connectivity index (χ1) is 8.88. The number of carbonyl (C=O) groups is 1. The number of pyridine rings is 1. The lowest BCUT2D eigenvalue weighted by Crippen LogP contribution is -2.03. The summed E-state index contributed by atoms with van der Waals surface area (Å²) < 4.78 is 0. The Morgan fingerprint density at radius 1 is 1.26 bits per heavy atom. The number of hydrogen-bond acceptors (Lipinski definition) is 3. The summed E-state index contributed by atoms with van der Waals surface area (Å²) in [5.41, 5.74) is 1.50. The predicted molar refractivity (Wildman–Crippen MR) is 77.3 cm³/mol. The van der Waals surface area contributed by atoms with Crippen LogP contribution in [0.25, 0.3) is 0 Å². The summed E-state index contributed by atoms with van der Waals surface area (Å²) in [4.78, 5) is 16.0. The van der Waals surface area contributed by atoms with Crippen LogP contribution in [0, 0.1) is 11.8 Å². The molecule has 0 aromatic carbocycles. The fraction of sp³-hybridized carbons (Fsp3) is 0.500. The maximum atomic E-state index is 11.9. The van der Waals surface area contributed by atoms with E-state index >= 15 is 0 Å². The van der Waals surface area contributed by atoms with Crippen molar-refractivity contribution >= 4 is 5.78 Å². The molecule has 19 heavy (non-hydrogen) atoms. The zero-order chi connectivity index (χ0) is 14.4. The van der Waals surface area contributed by atoms with Crippen molar-refractivity contribution in [2.45, 2.75) is 40.5 Å². The Morgan fingerprint density at radius 2 is 1.95 bits per heavy atom. The maximum Gasteiger partial charge on any atom is 0.207 e. The van der Waals surface area contributed by atoms with Crippen LogP contribution < -0.4 is 0 Å². The molecule has 0 aliphatic carbocycles. The van der Waals surface area contributed by atoms with Crippen LogP contribution in [0.4, 0.5) is 0 Å². The zero-order valence-corrected chi connectivity index (χ0v) is 12.2. The highest BCUT2D eigenvalue weighted by molar-refractivity contribution is 6.03. The van der Waals surface area contributed by atoms with Crippen LogP contribution in [0.1, 0.15) is 50.2 Å². The van der Waals surface area contributed by atoms with Gasteiger partial charge in [-0.2, -0.15) is 0 Å². The third-order valence-corrected chi connectivity index (χ3v) is 2.64. The smallest absolute Gasteiger partial charge is 0.207 e. The third kappa shape index (κ3) is 5.69. The molecular formula is C16H23NO2. The summed E-state index contributed by atoms with van der Waals surface area (Å²) in [6.45, 7) is 8.28. The molecule has 1 rings (SSSR count). The third-order valence-electron chi connectivity index (χ3n) is 2.64. The van der Waals surface area contributed by atoms with Crippen molar-refractivity contribution in [2.75, 3.05) is 0 Å². The molecule has 1 aromatic rings. The van der Waals surface area contributed by atoms with Gasteiger partial charge in [-0.3, -0.25) is 9.78 Å². The maximum absolute atomic E-state index is 11.9. The Hall–Kier alpha value is -1.64. The van der Waals surface area contributed by atoms with Crippen LogP contribution in [-0.2, 0) is 6.42 Å². The average molecular weight is 261 g/mol. The van der Waals surface area contributed by atoms with E-state index in [2.05, 4.69) is 18.8 Å². The Balaban J connectivity index is 2.72. The normalized spacial score (nSPS) is 12.2. The molecule has 0 unspecified atom stereocenters. The van der Waals surface area contributed by atoms with Crippen LogP contribution in [0.15, 0.2) is 30.2 Å². The quantitative estimate of drug-likeness (QED) is 0.479. The van der Waals surface area contributed by atoms with Gasteiger partial charge in [0.05, 0.1) is 5.76 Å². The summed E-state index contributed by atoms with van der Waals surface area (Å²) >= 11 is 0. The van der Waals surface area contributed by atoms with Crippen LogP contribution in [0.3, 0.4) is 0 Å². The van der Waals surface area contributed by atoms with E-state index in [1.54, 1.807) is 12.3 Å². The van der Waals surface area contributed by atoms with Crippen molar-refractivity contribution < 1.29 is 9.90 Å². The van der Waals surface area contributed by atoms with E-state index in [0.29, 0.717) is 24.0 Å². The fourth-order valence-corrected chi connectivity index (χ4v) is 1.86. The number of aromatic nitrogens is 1. The number of aliphatic hydroxyl groups excluding tert-OH is 1. The number of hydrogen-bond donors (Lipinski definition) is 1. The molecule has 3 heteroatoms. The van der Waals surface area contributed by atoms with Crippen molar-refractivity contribution in [1.82, 2.24) is 4.98 Å². The molecule has 104 valence electrons. The summed E-state index contributed by atoms with van der Waals surface area (Å²) in [6.07, 6.45) is 4.47. The van der Waals surface area contributed by atoms with E-state index in [9.17, 15) is 9.90 Å². The summed E-state index contributed by atoms with van der Waals surface area (Å²) in [5, 5.41) is 9.64. The Bertz CT molecular complexity index is 444. The lowest BCUT2D eigenvalue weighted by Gasteiger charge is -2.05. The van der Waals surface area contributed by atoms with E-state index in [4.69, 9.17) is 0 Å². The highest BCUT2D eigenvalue weighted by Gasteiger charge is 2.08. The minimum absolute atomic E-state index is 0.119. The van der Waals surface area contributed by atoms with E-state index < -0.39 is 0 Å². The minimum Gasteiger partial charge on any atom is -0.512 e. The molecule has 0 aliphatic heterocycles. The topological polar surface area (TPSA) is 50.2 Å². The molecule has 1 aromatic heterocycles. The number of nitrogens with zero attached hydrogens (tertiary/aromatic N) is 1. The van der Waals surface area contributed by atoms with Crippen LogP contribution >= 0.6 is 0 Å². The number of rotatable bonds is 6. The highest BCUT2D eigenvalue weighted by atomic mass is 16.3. The van der Waals surface area contributed by atoms with E-state index in [-0.39, 0.29) is 11.5 Å². The summed E-state index contributed by atoms with van der Waals surface area (Å²) in [5.74, 6) is 0.770. The van der Waals surface area contributed by atoms with Gasteiger partial charge in [-0.15, -0.1) is 0 Å². The van der Waals surface area contributed by atoms with Gasteiger partial charge in [-0.05, 0) is 29.9 Å². The van der Waals surface area contributed by atoms with Gasteiger partial charge in [0.15, 0.2) is 0 Å². The number of aliphatic hydroxyl groups is 1. The molecule has 0 bridgehead atoms. The molecule has 1 N–H and O–H groups in total. The van der Waals surface area contributed by atoms with Crippen molar-refractivity contribution in [1.29, 1.82) is 0 Å². The van der Waals surface area contributed by atoms with E-state index in [1.165, 1.54) is 6.08 Å². The SMILES string of the molecule is CC(C)C/C(O)=C/C(=O)c1ccc(CC(C)C)cn1. The molecular weight excluding hydrogens is 238 g/mol. The van der Waals surface area contributed by atoms with Gasteiger partial charge in [0.25, 0.3) is 0 Å². The van der Waals surface area contributed by atoms with Gasteiger partial charge >= 0.3 is 0 Å². The lowest BCUT2D eigenvalue weighted by molar-refractivity contribution is 0.103. The van der Waals surface area contributed by atoms with Crippen LogP contribution in [-0.4, -0.2) is 15.9 Å². The second kappa shape index (κ2) is 7.07. The van der Waals surface area contributed by atoms with E-state index in [1.807, 2.05) is 19.9 Å². The average Bonchev–Trinajstić information content (AvgIpc) is 2.27. The Kier molecular flexibility index (Phi) is 5.74. The molecule has 0 spiro atoms. The second-order valence-corrected chi connectivity index (χ2v) is 5.75. The van der Waals surface area contributed by atoms with Gasteiger partial charge in [0.1, 0.15) is 5.69 Å². The number of ketones is 1. The van der Waals surface area contributed by atoms with Crippen LogP contribution in [0.5, 0.6) is 0 Å². The molecule has 1 heterocycles. The van der Waals surface area contributed by atoms with Crippen molar-refractivity contribution in [2.24, 2.45) is 11.8 Å². The second-order valence-electron chi connectivity index (χ2n) is 5.75. The van der Waals surface area contributed by atoms with Crippen LogP contribution in [0.2, 0.25) is 0 Å². The molecule has 0 radical (unpaired) electrons. The Morgan fingerprint density at radius 3 is 2.42 bits per heavy atom. The van der Waals surface area contributed by atoms with E-state index in [0.717, 1.165) is 12.0 Å². The number of allylic oxidation sites excluding steroid dienone is 2. The molecule has 0 aliphatic rings. The molecule has 0 atom stereocenters. The molecule has 3 nitrogen and oxygen atoms in total. The minimum atomic E-state index is -0.241. The van der Waals surface area contributed by atoms with Gasteiger partial charge in [-0.1, -0.05) is 33.8 Å². The monoisotopic (exact) mass is 261 g/mol. The van der Waals surface area contributed by atoms with Crippen molar-refractivity contribution in [3.63, 3.8) is 0 Å². The van der Waals surface area contributed by atoms with Gasteiger partial charge in [-0.25, -0.2) is 0 Å². The molecule has 0 amide bonds. The number of carbonyl (C=O) groups excluding carboxylic acids is 1. The van der Waals surface area contributed by atoms with Gasteiger partial charge in [0.2, 0.25) is 5.78 Å². The standard InChI is InChI=1S/C16H23NO2/c1-11(2)7-13-5-6-15(17-10-13)16(19)9-14(18)8-12(3)4/h5-6,9-12,18H,7-8H2,1-4H3/b14-9-. The van der Waals surface area contributed by atoms with Crippen molar-refractivity contribution in [3.05, 3.63) is 41.4 Å². The first-order valence-electron chi connectivity index (χ1n) is 6.77. The summed E-state index contributed by atoms with van der Waals surface area (Å²) in [6, 6.07) is 3.65. The fourth-order valence-electron chi connectivity index (χ4n) is 1.86. The first-order valence-corrected chi connectivity index (χ1v) is 6.77. The molecule has 0 saturated carbocycles. The lowest BCUT2D eigenvalue weighted by atomic mass is 10.0. The molecule has 0 saturated heterocycles. The first kappa shape index (κ1) is 15.4. The Labute approximate surface area is 115 Å². The van der Waals surface area contributed by atoms with Crippen molar-refractivity contribution in [3.8, 4) is 0 Å². The van der Waals surface area contributed by atoms with Gasteiger partial charge < -0.3 is 5.11 Å².